The summed E-state index contributed by atoms with van der Waals surface area (Å²) in [5.74, 6) is 1.24. The third-order valence-corrected chi connectivity index (χ3v) is 5.77. The lowest BCUT2D eigenvalue weighted by atomic mass is 9.97. The van der Waals surface area contributed by atoms with E-state index in [0.717, 1.165) is 29.2 Å². The van der Waals surface area contributed by atoms with Crippen molar-refractivity contribution in [3.05, 3.63) is 77.0 Å². The van der Waals surface area contributed by atoms with Gasteiger partial charge in [-0.25, -0.2) is 0 Å². The second kappa shape index (κ2) is 8.92. The van der Waals surface area contributed by atoms with Gasteiger partial charge in [-0.05, 0) is 60.7 Å². The second-order valence-electron chi connectivity index (χ2n) is 7.00. The normalized spacial score (nSPS) is 16.3. The zero-order valence-corrected chi connectivity index (χ0v) is 16.7. The highest BCUT2D eigenvalue weighted by molar-refractivity contribution is 7.12. The summed E-state index contributed by atoms with van der Waals surface area (Å²) in [6, 6.07) is 20.6. The van der Waals surface area contributed by atoms with Crippen LogP contribution in [0.3, 0.4) is 0 Å². The molecule has 4 rings (SSSR count). The molecule has 1 saturated heterocycles. The summed E-state index contributed by atoms with van der Waals surface area (Å²) in [5.41, 5.74) is 0.720. The van der Waals surface area contributed by atoms with Gasteiger partial charge in [0.1, 0.15) is 11.5 Å². The highest BCUT2D eigenvalue weighted by Gasteiger charge is 2.29. The van der Waals surface area contributed by atoms with Gasteiger partial charge >= 0.3 is 0 Å². The second-order valence-corrected chi connectivity index (χ2v) is 7.94. The molecule has 1 N–H and O–H groups in total. The predicted molar refractivity (Wildman–Crippen MR) is 115 cm³/mol. The van der Waals surface area contributed by atoms with E-state index in [1.807, 2.05) is 72.1 Å². The number of benzene rings is 2. The Morgan fingerprint density at radius 3 is 2.45 bits per heavy atom. The minimum atomic E-state index is -0.201. The SMILES string of the molecule is O=C(Nc1ccc(Oc2ccccc2)cc1)[C@H]1CCCN(C(=O)c2cccs2)C1. The summed E-state index contributed by atoms with van der Waals surface area (Å²) in [5, 5.41) is 4.86. The fraction of sp³-hybridized carbons (Fsp3) is 0.217. The molecule has 2 aromatic carbocycles. The Labute approximate surface area is 173 Å². The summed E-state index contributed by atoms with van der Waals surface area (Å²) in [7, 11) is 0. The average molecular weight is 407 g/mol. The van der Waals surface area contributed by atoms with Crippen LogP contribution in [0.2, 0.25) is 0 Å². The van der Waals surface area contributed by atoms with Crippen LogP contribution < -0.4 is 10.1 Å². The van der Waals surface area contributed by atoms with Crippen LogP contribution in [-0.2, 0) is 4.79 Å². The minimum absolute atomic E-state index is 0.0138. The van der Waals surface area contributed by atoms with E-state index < -0.39 is 0 Å². The number of para-hydroxylation sites is 1. The zero-order chi connectivity index (χ0) is 20.1. The number of carbonyl (C=O) groups is 2. The zero-order valence-electron chi connectivity index (χ0n) is 15.9. The molecule has 148 valence electrons. The van der Waals surface area contributed by atoms with Gasteiger partial charge in [0.25, 0.3) is 5.91 Å². The third kappa shape index (κ3) is 4.84. The van der Waals surface area contributed by atoms with E-state index in [4.69, 9.17) is 4.74 Å². The van der Waals surface area contributed by atoms with Gasteiger partial charge in [-0.1, -0.05) is 24.3 Å². The number of ether oxygens (including phenoxy) is 1. The topological polar surface area (TPSA) is 58.6 Å². The molecule has 0 aliphatic carbocycles. The molecular formula is C23H22N2O3S. The van der Waals surface area contributed by atoms with Crippen LogP contribution in [0.4, 0.5) is 5.69 Å². The Kier molecular flexibility index (Phi) is 5.91. The molecule has 0 unspecified atom stereocenters. The number of piperidine rings is 1. The van der Waals surface area contributed by atoms with Gasteiger partial charge in [-0.15, -0.1) is 11.3 Å². The number of hydrogen-bond donors (Lipinski definition) is 1. The largest absolute Gasteiger partial charge is 0.457 e. The van der Waals surface area contributed by atoms with E-state index in [-0.39, 0.29) is 17.7 Å². The van der Waals surface area contributed by atoms with E-state index in [9.17, 15) is 9.59 Å². The molecule has 1 aliphatic rings. The molecule has 6 heteroatoms. The van der Waals surface area contributed by atoms with Gasteiger partial charge in [0, 0.05) is 18.8 Å². The van der Waals surface area contributed by atoms with E-state index >= 15 is 0 Å². The Bertz CT molecular complexity index is 956. The monoisotopic (exact) mass is 406 g/mol. The fourth-order valence-electron chi connectivity index (χ4n) is 3.41. The van der Waals surface area contributed by atoms with Crippen LogP contribution in [0.15, 0.2) is 72.1 Å². The number of rotatable bonds is 5. The number of amides is 2. The molecule has 0 saturated carbocycles. The lowest BCUT2D eigenvalue weighted by Gasteiger charge is -2.31. The van der Waals surface area contributed by atoms with Gasteiger partial charge < -0.3 is 15.0 Å². The molecule has 2 amide bonds. The number of likely N-dealkylation sites (tertiary alicyclic amines) is 1. The van der Waals surface area contributed by atoms with Crippen LogP contribution in [0.1, 0.15) is 22.5 Å². The molecule has 5 nitrogen and oxygen atoms in total. The quantitative estimate of drug-likeness (QED) is 0.646. The Balaban J connectivity index is 1.34. The fourth-order valence-corrected chi connectivity index (χ4v) is 4.10. The van der Waals surface area contributed by atoms with E-state index in [1.165, 1.54) is 11.3 Å². The van der Waals surface area contributed by atoms with Gasteiger partial charge in [-0.3, -0.25) is 9.59 Å². The van der Waals surface area contributed by atoms with Crippen molar-refractivity contribution in [1.82, 2.24) is 4.90 Å². The number of thiophene rings is 1. The van der Waals surface area contributed by atoms with Crippen molar-refractivity contribution < 1.29 is 14.3 Å². The van der Waals surface area contributed by atoms with Crippen molar-refractivity contribution in [1.29, 1.82) is 0 Å². The van der Waals surface area contributed by atoms with Crippen molar-refractivity contribution in [2.75, 3.05) is 18.4 Å². The van der Waals surface area contributed by atoms with Gasteiger partial charge in [0.05, 0.1) is 10.8 Å². The van der Waals surface area contributed by atoms with Gasteiger partial charge in [-0.2, -0.15) is 0 Å². The maximum Gasteiger partial charge on any atom is 0.263 e. The average Bonchev–Trinajstić information content (AvgIpc) is 3.30. The van der Waals surface area contributed by atoms with Crippen LogP contribution >= 0.6 is 11.3 Å². The molecule has 2 heterocycles. The predicted octanol–water partition coefficient (Wildman–Crippen LogP) is 5.03. The Morgan fingerprint density at radius 2 is 1.72 bits per heavy atom. The number of nitrogens with one attached hydrogen (secondary N) is 1. The molecule has 1 aliphatic heterocycles. The summed E-state index contributed by atoms with van der Waals surface area (Å²) in [6.45, 7) is 1.16. The maximum absolute atomic E-state index is 12.7. The van der Waals surface area contributed by atoms with Gasteiger partial charge in [0.15, 0.2) is 0 Å². The van der Waals surface area contributed by atoms with E-state index in [0.29, 0.717) is 18.8 Å². The van der Waals surface area contributed by atoms with Crippen LogP contribution in [-0.4, -0.2) is 29.8 Å². The standard InChI is InChI=1S/C23H22N2O3S/c26-22(17-6-4-14-25(16-17)23(27)21-9-5-15-29-21)24-18-10-12-20(13-11-18)28-19-7-2-1-3-8-19/h1-3,5,7-13,15,17H,4,6,14,16H2,(H,24,26)/t17-/m0/s1. The van der Waals surface area contributed by atoms with Crippen molar-refractivity contribution in [2.45, 2.75) is 12.8 Å². The molecule has 1 fully saturated rings. The molecule has 3 aromatic rings. The summed E-state index contributed by atoms with van der Waals surface area (Å²) in [4.78, 5) is 27.8. The smallest absolute Gasteiger partial charge is 0.263 e. The summed E-state index contributed by atoms with van der Waals surface area (Å²) in [6.07, 6.45) is 1.62. The van der Waals surface area contributed by atoms with Crippen LogP contribution in [0.25, 0.3) is 0 Å². The molecule has 1 atom stereocenters. The molecular weight excluding hydrogens is 384 g/mol. The van der Waals surface area contributed by atoms with Crippen LogP contribution in [0, 0.1) is 5.92 Å². The lowest BCUT2D eigenvalue weighted by molar-refractivity contribution is -0.121. The number of hydrogen-bond acceptors (Lipinski definition) is 4. The van der Waals surface area contributed by atoms with E-state index in [1.54, 1.807) is 4.90 Å². The number of nitrogens with zero attached hydrogens (tertiary/aromatic N) is 1. The summed E-state index contributed by atoms with van der Waals surface area (Å²) >= 11 is 1.44. The lowest BCUT2D eigenvalue weighted by Crippen LogP contribution is -2.43. The van der Waals surface area contributed by atoms with Gasteiger partial charge in [0.2, 0.25) is 5.91 Å². The first-order valence-electron chi connectivity index (χ1n) is 9.65. The Morgan fingerprint density at radius 1 is 0.966 bits per heavy atom. The first-order chi connectivity index (χ1) is 14.2. The molecule has 29 heavy (non-hydrogen) atoms. The van der Waals surface area contributed by atoms with E-state index in [2.05, 4.69) is 5.32 Å². The van der Waals surface area contributed by atoms with Crippen molar-refractivity contribution >= 4 is 28.8 Å². The molecule has 0 radical (unpaired) electrons. The van der Waals surface area contributed by atoms with Crippen molar-refractivity contribution in [2.24, 2.45) is 5.92 Å². The highest BCUT2D eigenvalue weighted by Crippen LogP contribution is 2.25. The van der Waals surface area contributed by atoms with Crippen molar-refractivity contribution in [3.8, 4) is 11.5 Å². The highest BCUT2D eigenvalue weighted by atomic mass is 32.1. The third-order valence-electron chi connectivity index (χ3n) is 4.91. The number of anilines is 1. The molecule has 0 bridgehead atoms. The van der Waals surface area contributed by atoms with Crippen LogP contribution in [0.5, 0.6) is 11.5 Å². The Hall–Kier alpha value is -3.12. The molecule has 1 aromatic heterocycles. The molecule has 0 spiro atoms. The summed E-state index contributed by atoms with van der Waals surface area (Å²) < 4.78 is 5.77. The minimum Gasteiger partial charge on any atom is -0.457 e. The first kappa shape index (κ1) is 19.2. The maximum atomic E-state index is 12.7. The number of carbonyl (C=O) groups excluding carboxylic acids is 2. The van der Waals surface area contributed by atoms with Crippen molar-refractivity contribution in [3.63, 3.8) is 0 Å². The first-order valence-corrected chi connectivity index (χ1v) is 10.5.